The molecular weight excluding hydrogens is 468 g/mol. The molecule has 2 amide bonds. The maximum atomic E-state index is 11.8. The van der Waals surface area contributed by atoms with Crippen molar-refractivity contribution in [2.45, 2.75) is 19.4 Å². The minimum absolute atomic E-state index is 0.355. The lowest BCUT2D eigenvalue weighted by Gasteiger charge is -2.32. The van der Waals surface area contributed by atoms with Crippen molar-refractivity contribution in [3.8, 4) is 10.4 Å². The monoisotopic (exact) mass is 492 g/mol. The number of piperidine rings is 1. The molecule has 0 bridgehead atoms. The van der Waals surface area contributed by atoms with Gasteiger partial charge in [-0.05, 0) is 66.7 Å². The minimum atomic E-state index is -0.378. The molecule has 0 unspecified atom stereocenters. The van der Waals surface area contributed by atoms with Gasteiger partial charge in [0.05, 0.1) is 16.3 Å². The molecule has 0 aromatic carbocycles. The van der Waals surface area contributed by atoms with Gasteiger partial charge in [-0.25, -0.2) is 9.97 Å². The Bertz CT molecular complexity index is 1210. The number of amides is 2. The third-order valence-corrected chi connectivity index (χ3v) is 7.60. The van der Waals surface area contributed by atoms with Crippen LogP contribution in [0.4, 0.5) is 10.7 Å². The molecule has 0 saturated carbocycles. The largest absolute Gasteiger partial charge is 0.341 e. The highest BCUT2D eigenvalue weighted by Crippen LogP contribution is 2.28. The van der Waals surface area contributed by atoms with Crippen LogP contribution in [0, 0.1) is 5.92 Å². The maximum Gasteiger partial charge on any atom is 0.290 e. The van der Waals surface area contributed by atoms with Crippen molar-refractivity contribution in [3.63, 3.8) is 0 Å². The Hall–Kier alpha value is -3.08. The molecule has 10 heteroatoms. The number of pyridine rings is 1. The predicted octanol–water partition coefficient (Wildman–Crippen LogP) is 3.93. The van der Waals surface area contributed by atoms with Crippen molar-refractivity contribution in [1.82, 2.24) is 25.6 Å². The Balaban J connectivity index is 1.13. The molecule has 0 radical (unpaired) electrons. The molecule has 8 nitrogen and oxygen atoms in total. The summed E-state index contributed by atoms with van der Waals surface area (Å²) in [6.45, 7) is 3.46. The molecule has 3 aromatic rings. The van der Waals surface area contributed by atoms with Gasteiger partial charge in [-0.3, -0.25) is 19.9 Å². The van der Waals surface area contributed by atoms with Gasteiger partial charge in [0.2, 0.25) is 5.95 Å². The number of hydrogen-bond acceptors (Lipinski definition) is 9. The van der Waals surface area contributed by atoms with Crippen LogP contribution in [-0.4, -0.2) is 45.7 Å². The second-order valence-corrected chi connectivity index (χ2v) is 10.1. The van der Waals surface area contributed by atoms with Crippen molar-refractivity contribution in [2.75, 3.05) is 24.5 Å². The van der Waals surface area contributed by atoms with Crippen molar-refractivity contribution in [1.29, 1.82) is 0 Å². The Labute approximate surface area is 205 Å². The summed E-state index contributed by atoms with van der Waals surface area (Å²) in [4.78, 5) is 40.5. The first-order valence-electron chi connectivity index (χ1n) is 11.2. The fraction of sp³-hybridized carbons (Fsp3) is 0.292. The van der Waals surface area contributed by atoms with Crippen molar-refractivity contribution >= 4 is 46.3 Å². The highest BCUT2D eigenvalue weighted by molar-refractivity contribution is 8.18. The second-order valence-electron chi connectivity index (χ2n) is 8.17. The zero-order chi connectivity index (χ0) is 23.3. The Morgan fingerprint density at radius 2 is 2.00 bits per heavy atom. The van der Waals surface area contributed by atoms with Gasteiger partial charge >= 0.3 is 0 Å². The Morgan fingerprint density at radius 3 is 2.76 bits per heavy atom. The smallest absolute Gasteiger partial charge is 0.290 e. The van der Waals surface area contributed by atoms with E-state index < -0.39 is 0 Å². The average Bonchev–Trinajstić information content (AvgIpc) is 3.50. The van der Waals surface area contributed by atoms with Crippen LogP contribution in [0.2, 0.25) is 0 Å². The number of imide groups is 1. The lowest BCUT2D eigenvalue weighted by atomic mass is 9.97. The first kappa shape index (κ1) is 22.7. The summed E-state index contributed by atoms with van der Waals surface area (Å²) in [5.41, 5.74) is 2.90. The zero-order valence-corrected chi connectivity index (χ0v) is 20.1. The number of carbonyl (C=O) groups is 2. The van der Waals surface area contributed by atoms with Gasteiger partial charge in [-0.2, -0.15) is 0 Å². The summed E-state index contributed by atoms with van der Waals surface area (Å²) < 4.78 is 0. The van der Waals surface area contributed by atoms with E-state index in [2.05, 4.69) is 54.1 Å². The number of anilines is 1. The SMILES string of the molecule is O=C1NC(=O)C(=Cc2ccnc(N3CCC(CNCc4ncccc4-c4cccs4)CC3)n2)S1. The fourth-order valence-electron chi connectivity index (χ4n) is 4.12. The molecule has 0 aliphatic carbocycles. The molecule has 2 saturated heterocycles. The van der Waals surface area contributed by atoms with Crippen LogP contribution in [0.15, 0.2) is 53.0 Å². The van der Waals surface area contributed by atoms with Crippen LogP contribution >= 0.6 is 23.1 Å². The lowest BCUT2D eigenvalue weighted by molar-refractivity contribution is -0.115. The van der Waals surface area contributed by atoms with Gasteiger partial charge in [0.25, 0.3) is 11.1 Å². The predicted molar refractivity (Wildman–Crippen MR) is 135 cm³/mol. The van der Waals surface area contributed by atoms with E-state index >= 15 is 0 Å². The van der Waals surface area contributed by atoms with Gasteiger partial charge in [-0.15, -0.1) is 11.3 Å². The summed E-state index contributed by atoms with van der Waals surface area (Å²) in [5, 5.41) is 7.60. The molecular formula is C24H24N6O2S2. The summed E-state index contributed by atoms with van der Waals surface area (Å²) in [5.74, 6) is 0.862. The average molecular weight is 493 g/mol. The Morgan fingerprint density at radius 1 is 1.12 bits per heavy atom. The molecule has 3 aromatic heterocycles. The summed E-state index contributed by atoms with van der Waals surface area (Å²) >= 11 is 2.63. The van der Waals surface area contributed by atoms with E-state index in [1.165, 1.54) is 10.4 Å². The number of nitrogens with one attached hydrogen (secondary N) is 2. The minimum Gasteiger partial charge on any atom is -0.341 e. The van der Waals surface area contributed by atoms with Crippen LogP contribution in [-0.2, 0) is 11.3 Å². The molecule has 5 rings (SSSR count). The van der Waals surface area contributed by atoms with Crippen LogP contribution in [0.1, 0.15) is 24.2 Å². The molecule has 2 aliphatic rings. The van der Waals surface area contributed by atoms with Gasteiger partial charge in [0, 0.05) is 42.5 Å². The van der Waals surface area contributed by atoms with Gasteiger partial charge < -0.3 is 10.2 Å². The standard InChI is InChI=1S/C24H24N6O2S2/c31-22-21(34-24(32)29-22)13-17-5-9-27-23(28-17)30-10-6-16(7-11-30)14-25-15-19-18(3-1-8-26-19)20-4-2-12-33-20/h1-5,8-9,12-13,16,25H,6-7,10-11,14-15H2,(H,29,31,32). The molecule has 0 spiro atoms. The van der Waals surface area contributed by atoms with Crippen LogP contribution in [0.5, 0.6) is 0 Å². The van der Waals surface area contributed by atoms with Crippen LogP contribution in [0.3, 0.4) is 0 Å². The van der Waals surface area contributed by atoms with E-state index in [0.717, 1.165) is 56.5 Å². The third kappa shape index (κ3) is 5.35. The molecule has 174 valence electrons. The van der Waals surface area contributed by atoms with Crippen LogP contribution in [0.25, 0.3) is 16.5 Å². The lowest BCUT2D eigenvalue weighted by Crippen LogP contribution is -2.38. The molecule has 2 aliphatic heterocycles. The normalized spacial score (nSPS) is 18.0. The highest BCUT2D eigenvalue weighted by Gasteiger charge is 2.25. The van der Waals surface area contributed by atoms with Crippen LogP contribution < -0.4 is 15.5 Å². The van der Waals surface area contributed by atoms with E-state index in [9.17, 15) is 9.59 Å². The van der Waals surface area contributed by atoms with E-state index in [-0.39, 0.29) is 11.1 Å². The van der Waals surface area contributed by atoms with E-state index in [0.29, 0.717) is 22.5 Å². The molecule has 34 heavy (non-hydrogen) atoms. The van der Waals surface area contributed by atoms with Gasteiger partial charge in [-0.1, -0.05) is 12.1 Å². The van der Waals surface area contributed by atoms with E-state index in [4.69, 9.17) is 0 Å². The number of thiophene rings is 1. The van der Waals surface area contributed by atoms with Gasteiger partial charge in [0.1, 0.15) is 0 Å². The maximum absolute atomic E-state index is 11.8. The highest BCUT2D eigenvalue weighted by atomic mass is 32.2. The van der Waals surface area contributed by atoms with Crippen molar-refractivity contribution in [2.24, 2.45) is 5.92 Å². The quantitative estimate of drug-likeness (QED) is 0.479. The number of hydrogen-bond donors (Lipinski definition) is 2. The molecule has 5 heterocycles. The second kappa shape index (κ2) is 10.5. The molecule has 2 fully saturated rings. The summed E-state index contributed by atoms with van der Waals surface area (Å²) in [6, 6.07) is 10.1. The van der Waals surface area contributed by atoms with E-state index in [1.54, 1.807) is 29.7 Å². The number of nitrogens with zero attached hydrogens (tertiary/aromatic N) is 4. The van der Waals surface area contributed by atoms with Crippen molar-refractivity contribution < 1.29 is 9.59 Å². The first-order valence-corrected chi connectivity index (χ1v) is 12.9. The number of carbonyl (C=O) groups excluding carboxylic acids is 2. The Kier molecular flexibility index (Phi) is 6.98. The zero-order valence-electron chi connectivity index (χ0n) is 18.4. The molecule has 0 atom stereocenters. The summed E-state index contributed by atoms with van der Waals surface area (Å²) in [6.07, 6.45) is 7.28. The number of thioether (sulfide) groups is 1. The van der Waals surface area contributed by atoms with Crippen molar-refractivity contribution in [3.05, 3.63) is 64.4 Å². The number of rotatable bonds is 7. The molecule has 2 N–H and O–H groups in total. The van der Waals surface area contributed by atoms with E-state index in [1.807, 2.05) is 12.3 Å². The topological polar surface area (TPSA) is 100 Å². The summed E-state index contributed by atoms with van der Waals surface area (Å²) in [7, 11) is 0. The van der Waals surface area contributed by atoms with Gasteiger partial charge in [0.15, 0.2) is 0 Å². The third-order valence-electron chi connectivity index (χ3n) is 5.89. The first-order chi connectivity index (χ1) is 16.7. The number of aromatic nitrogens is 3. The fourth-order valence-corrected chi connectivity index (χ4v) is 5.56.